The number of carbonyl (C=O) groups excluding carboxylic acids is 1. The lowest BCUT2D eigenvalue weighted by atomic mass is 10.1. The predicted octanol–water partition coefficient (Wildman–Crippen LogP) is 4.35. The van der Waals surface area contributed by atoms with E-state index in [1.165, 1.54) is 6.92 Å². The van der Waals surface area contributed by atoms with Crippen LogP contribution in [0.25, 0.3) is 11.3 Å². The van der Waals surface area contributed by atoms with Crippen molar-refractivity contribution in [2.45, 2.75) is 13.3 Å². The number of hydrogen-bond donors (Lipinski definition) is 1. The molecule has 1 heterocycles. The highest BCUT2D eigenvalue weighted by Gasteiger charge is 2.06. The first-order chi connectivity index (χ1) is 14.1. The number of carbonyl (C=O) groups is 1. The number of anilines is 1. The van der Waals surface area contributed by atoms with Gasteiger partial charge in [0.25, 0.3) is 0 Å². The summed E-state index contributed by atoms with van der Waals surface area (Å²) >= 11 is 0. The van der Waals surface area contributed by atoms with Gasteiger partial charge < -0.3 is 19.5 Å². The zero-order valence-electron chi connectivity index (χ0n) is 16.8. The molecule has 3 rings (SSSR count). The lowest BCUT2D eigenvalue weighted by molar-refractivity contribution is -0.114. The van der Waals surface area contributed by atoms with Gasteiger partial charge in [0.05, 0.1) is 26.5 Å². The van der Waals surface area contributed by atoms with E-state index in [4.69, 9.17) is 14.2 Å². The van der Waals surface area contributed by atoms with E-state index in [9.17, 15) is 4.79 Å². The fourth-order valence-corrected chi connectivity index (χ4v) is 2.93. The number of ether oxygens (including phenoxy) is 3. The number of methoxy groups -OCH3 is 2. The van der Waals surface area contributed by atoms with Crippen molar-refractivity contribution in [1.29, 1.82) is 0 Å². The highest BCUT2D eigenvalue weighted by molar-refractivity contribution is 5.89. The second-order valence-corrected chi connectivity index (χ2v) is 6.41. The molecule has 0 bridgehead atoms. The van der Waals surface area contributed by atoms with E-state index >= 15 is 0 Å². The van der Waals surface area contributed by atoms with Crippen LogP contribution in [0.1, 0.15) is 12.5 Å². The Hall–Kier alpha value is -3.54. The maximum atomic E-state index is 11.3. The summed E-state index contributed by atoms with van der Waals surface area (Å²) in [7, 11) is 3.24. The fourth-order valence-electron chi connectivity index (χ4n) is 2.93. The number of benzene rings is 2. The van der Waals surface area contributed by atoms with Gasteiger partial charge in [-0.2, -0.15) is 0 Å². The molecule has 0 unspecified atom stereocenters. The van der Waals surface area contributed by atoms with Crippen LogP contribution in [0.4, 0.5) is 5.69 Å². The minimum Gasteiger partial charge on any atom is -0.493 e. The quantitative estimate of drug-likeness (QED) is 0.617. The van der Waals surface area contributed by atoms with Crippen LogP contribution in [0.15, 0.2) is 60.7 Å². The van der Waals surface area contributed by atoms with Crippen molar-refractivity contribution < 1.29 is 19.0 Å². The van der Waals surface area contributed by atoms with Gasteiger partial charge in [-0.25, -0.2) is 4.98 Å². The standard InChI is InChI=1S/C23H24N2O4/c1-16(26)24-19-7-4-6-18(15-19)20-8-5-9-23(25-20)29-13-12-17-10-11-21(27-2)22(14-17)28-3/h4-11,14-15H,12-13H2,1-3H3,(H,24,26). The molecule has 2 aromatic carbocycles. The zero-order chi connectivity index (χ0) is 20.6. The highest BCUT2D eigenvalue weighted by atomic mass is 16.5. The summed E-state index contributed by atoms with van der Waals surface area (Å²) in [5.74, 6) is 1.84. The van der Waals surface area contributed by atoms with Crippen LogP contribution in [0.5, 0.6) is 17.4 Å². The number of nitrogens with zero attached hydrogens (tertiary/aromatic N) is 1. The molecule has 0 saturated carbocycles. The van der Waals surface area contributed by atoms with Crippen LogP contribution in [-0.4, -0.2) is 31.7 Å². The van der Waals surface area contributed by atoms with Crippen molar-refractivity contribution in [3.05, 3.63) is 66.2 Å². The second-order valence-electron chi connectivity index (χ2n) is 6.41. The van der Waals surface area contributed by atoms with E-state index in [1.807, 2.05) is 60.7 Å². The molecule has 0 atom stereocenters. The fraction of sp³-hybridized carbons (Fsp3) is 0.217. The Labute approximate surface area is 170 Å². The molecular weight excluding hydrogens is 368 g/mol. The van der Waals surface area contributed by atoms with Crippen LogP contribution in [-0.2, 0) is 11.2 Å². The van der Waals surface area contributed by atoms with Gasteiger partial charge in [0.2, 0.25) is 11.8 Å². The van der Waals surface area contributed by atoms with Gasteiger partial charge in [-0.05, 0) is 35.9 Å². The predicted molar refractivity (Wildman–Crippen MR) is 113 cm³/mol. The minimum atomic E-state index is -0.109. The number of pyridine rings is 1. The summed E-state index contributed by atoms with van der Waals surface area (Å²) in [6, 6.07) is 19.0. The van der Waals surface area contributed by atoms with Crippen LogP contribution in [0.2, 0.25) is 0 Å². The molecule has 6 heteroatoms. The normalized spacial score (nSPS) is 10.3. The summed E-state index contributed by atoms with van der Waals surface area (Å²) in [5, 5.41) is 2.78. The van der Waals surface area contributed by atoms with Gasteiger partial charge in [0, 0.05) is 30.7 Å². The van der Waals surface area contributed by atoms with E-state index in [-0.39, 0.29) is 5.91 Å². The van der Waals surface area contributed by atoms with Crippen molar-refractivity contribution in [2.75, 3.05) is 26.1 Å². The number of aromatic nitrogens is 1. The molecule has 0 radical (unpaired) electrons. The van der Waals surface area contributed by atoms with Gasteiger partial charge in [-0.3, -0.25) is 4.79 Å². The van der Waals surface area contributed by atoms with E-state index in [1.54, 1.807) is 14.2 Å². The monoisotopic (exact) mass is 392 g/mol. The van der Waals surface area contributed by atoms with Gasteiger partial charge in [0.1, 0.15) is 0 Å². The molecule has 0 aliphatic heterocycles. The SMILES string of the molecule is COc1ccc(CCOc2cccc(-c3cccc(NC(C)=O)c3)n2)cc1OC. The van der Waals surface area contributed by atoms with Gasteiger partial charge in [-0.1, -0.05) is 24.3 Å². The van der Waals surface area contributed by atoms with E-state index in [2.05, 4.69) is 10.3 Å². The van der Waals surface area contributed by atoms with E-state index in [0.29, 0.717) is 30.4 Å². The average molecular weight is 392 g/mol. The Morgan fingerprint density at radius 1 is 0.966 bits per heavy atom. The Morgan fingerprint density at radius 3 is 2.52 bits per heavy atom. The van der Waals surface area contributed by atoms with Crippen LogP contribution in [0.3, 0.4) is 0 Å². The third-order valence-corrected chi connectivity index (χ3v) is 4.29. The largest absolute Gasteiger partial charge is 0.493 e. The average Bonchev–Trinajstić information content (AvgIpc) is 2.73. The lowest BCUT2D eigenvalue weighted by Crippen LogP contribution is -2.05. The first-order valence-electron chi connectivity index (χ1n) is 9.28. The first kappa shape index (κ1) is 20.2. The summed E-state index contributed by atoms with van der Waals surface area (Å²) in [4.78, 5) is 15.8. The number of rotatable bonds is 8. The molecule has 0 aliphatic rings. The Balaban J connectivity index is 1.65. The molecule has 29 heavy (non-hydrogen) atoms. The molecule has 0 fully saturated rings. The molecular formula is C23H24N2O4. The molecule has 1 aromatic heterocycles. The summed E-state index contributed by atoms with van der Waals surface area (Å²) in [5.41, 5.74) is 3.50. The molecule has 0 spiro atoms. The van der Waals surface area contributed by atoms with Crippen LogP contribution >= 0.6 is 0 Å². The van der Waals surface area contributed by atoms with Crippen LogP contribution < -0.4 is 19.5 Å². The zero-order valence-corrected chi connectivity index (χ0v) is 16.8. The lowest BCUT2D eigenvalue weighted by Gasteiger charge is -2.11. The summed E-state index contributed by atoms with van der Waals surface area (Å²) in [6.45, 7) is 1.97. The Bertz CT molecular complexity index is 988. The van der Waals surface area contributed by atoms with Crippen molar-refractivity contribution in [2.24, 2.45) is 0 Å². The highest BCUT2D eigenvalue weighted by Crippen LogP contribution is 2.28. The van der Waals surface area contributed by atoms with Crippen molar-refractivity contribution in [3.63, 3.8) is 0 Å². The molecule has 0 saturated heterocycles. The van der Waals surface area contributed by atoms with Gasteiger partial charge in [-0.15, -0.1) is 0 Å². The molecule has 3 aromatic rings. The maximum absolute atomic E-state index is 11.3. The van der Waals surface area contributed by atoms with E-state index in [0.717, 1.165) is 22.5 Å². The number of nitrogens with one attached hydrogen (secondary N) is 1. The Morgan fingerprint density at radius 2 is 1.76 bits per heavy atom. The summed E-state index contributed by atoms with van der Waals surface area (Å²) < 4.78 is 16.4. The van der Waals surface area contributed by atoms with Gasteiger partial charge >= 0.3 is 0 Å². The van der Waals surface area contributed by atoms with Crippen LogP contribution in [0, 0.1) is 0 Å². The smallest absolute Gasteiger partial charge is 0.221 e. The van der Waals surface area contributed by atoms with Crippen molar-refractivity contribution >= 4 is 11.6 Å². The number of hydrogen-bond acceptors (Lipinski definition) is 5. The first-order valence-corrected chi connectivity index (χ1v) is 9.28. The second kappa shape index (κ2) is 9.59. The minimum absolute atomic E-state index is 0.109. The van der Waals surface area contributed by atoms with Crippen molar-refractivity contribution in [1.82, 2.24) is 4.98 Å². The molecule has 0 aliphatic carbocycles. The number of amides is 1. The van der Waals surface area contributed by atoms with Gasteiger partial charge in [0.15, 0.2) is 11.5 Å². The Kier molecular flexibility index (Phi) is 6.68. The molecule has 6 nitrogen and oxygen atoms in total. The molecule has 150 valence electrons. The summed E-state index contributed by atoms with van der Waals surface area (Å²) in [6.07, 6.45) is 0.713. The third-order valence-electron chi connectivity index (χ3n) is 4.29. The topological polar surface area (TPSA) is 69.7 Å². The van der Waals surface area contributed by atoms with E-state index < -0.39 is 0 Å². The molecule has 1 N–H and O–H groups in total. The molecule has 1 amide bonds. The third kappa shape index (κ3) is 5.48. The van der Waals surface area contributed by atoms with Crippen molar-refractivity contribution in [3.8, 4) is 28.6 Å². The maximum Gasteiger partial charge on any atom is 0.221 e.